The second-order valence-electron chi connectivity index (χ2n) is 5.30. The van der Waals surface area contributed by atoms with E-state index in [1.807, 2.05) is 4.90 Å². The van der Waals surface area contributed by atoms with Gasteiger partial charge >= 0.3 is 0 Å². The minimum atomic E-state index is -2.61. The van der Waals surface area contributed by atoms with Crippen LogP contribution in [0, 0.1) is 0 Å². The summed E-state index contributed by atoms with van der Waals surface area (Å²) < 4.78 is 25.5. The molecule has 0 amide bonds. The summed E-state index contributed by atoms with van der Waals surface area (Å²) in [4.78, 5) is 11.7. The Morgan fingerprint density at radius 1 is 0.875 bits per heavy atom. The van der Waals surface area contributed by atoms with Crippen LogP contribution in [0.1, 0.15) is 12.1 Å². The molecule has 1 aliphatic heterocycles. The van der Waals surface area contributed by atoms with E-state index in [0.717, 1.165) is 5.69 Å². The fourth-order valence-corrected chi connectivity index (χ4v) is 3.16. The molecule has 9 heteroatoms. The molecule has 1 aliphatic rings. The van der Waals surface area contributed by atoms with Crippen molar-refractivity contribution < 1.29 is 8.78 Å². The molecule has 0 saturated carbocycles. The van der Waals surface area contributed by atoms with Crippen molar-refractivity contribution in [2.24, 2.45) is 0 Å². The summed E-state index contributed by atoms with van der Waals surface area (Å²) in [6.07, 6.45) is -1.44. The number of piperazine rings is 1. The highest BCUT2D eigenvalue weighted by atomic mass is 35.5. The SMILES string of the molecule is FC(F)c1cc(N2CCN(c3cc(Cl)c(Cl)c(Cl)c3)CC2)ncn1. The molecule has 24 heavy (non-hydrogen) atoms. The first-order valence-electron chi connectivity index (χ1n) is 7.20. The van der Waals surface area contributed by atoms with Gasteiger partial charge < -0.3 is 9.80 Å². The van der Waals surface area contributed by atoms with Gasteiger partial charge in [-0.1, -0.05) is 34.8 Å². The highest BCUT2D eigenvalue weighted by Crippen LogP contribution is 2.35. The molecule has 128 valence electrons. The average molecular weight is 394 g/mol. The number of benzene rings is 1. The molecular formula is C15H13Cl3F2N4. The second-order valence-corrected chi connectivity index (χ2v) is 6.49. The van der Waals surface area contributed by atoms with Crippen LogP contribution >= 0.6 is 34.8 Å². The molecule has 4 nitrogen and oxygen atoms in total. The monoisotopic (exact) mass is 392 g/mol. The lowest BCUT2D eigenvalue weighted by atomic mass is 10.2. The van der Waals surface area contributed by atoms with Crippen LogP contribution in [0.2, 0.25) is 15.1 Å². The number of halogens is 5. The van der Waals surface area contributed by atoms with E-state index < -0.39 is 6.43 Å². The normalized spacial score (nSPS) is 15.2. The number of anilines is 2. The molecule has 0 unspecified atom stereocenters. The molecule has 0 N–H and O–H groups in total. The highest BCUT2D eigenvalue weighted by Gasteiger charge is 2.21. The number of alkyl halides is 2. The van der Waals surface area contributed by atoms with Crippen LogP contribution in [-0.4, -0.2) is 36.1 Å². The third-order valence-corrected chi connectivity index (χ3v) is 5.03. The lowest BCUT2D eigenvalue weighted by Crippen LogP contribution is -2.46. The summed E-state index contributed by atoms with van der Waals surface area (Å²) in [7, 11) is 0. The van der Waals surface area contributed by atoms with Crippen molar-refractivity contribution in [3.63, 3.8) is 0 Å². The van der Waals surface area contributed by atoms with Crippen LogP contribution in [-0.2, 0) is 0 Å². The van der Waals surface area contributed by atoms with E-state index in [2.05, 4.69) is 14.9 Å². The number of nitrogens with zero attached hydrogens (tertiary/aromatic N) is 4. The van der Waals surface area contributed by atoms with Gasteiger partial charge in [0.1, 0.15) is 17.8 Å². The van der Waals surface area contributed by atoms with E-state index in [9.17, 15) is 8.78 Å². The average Bonchev–Trinajstić information content (AvgIpc) is 2.59. The molecule has 1 aromatic heterocycles. The third-order valence-electron chi connectivity index (χ3n) is 3.83. The Morgan fingerprint density at radius 2 is 1.46 bits per heavy atom. The van der Waals surface area contributed by atoms with E-state index in [0.29, 0.717) is 47.1 Å². The van der Waals surface area contributed by atoms with Crippen molar-refractivity contribution in [1.82, 2.24) is 9.97 Å². The molecule has 0 radical (unpaired) electrons. The van der Waals surface area contributed by atoms with Crippen LogP contribution in [0.5, 0.6) is 0 Å². The minimum Gasteiger partial charge on any atom is -0.368 e. The van der Waals surface area contributed by atoms with Gasteiger partial charge in [-0.05, 0) is 12.1 Å². The molecule has 1 fully saturated rings. The Morgan fingerprint density at radius 3 is 2.04 bits per heavy atom. The van der Waals surface area contributed by atoms with Gasteiger partial charge in [0, 0.05) is 37.9 Å². The summed E-state index contributed by atoms with van der Waals surface area (Å²) in [6.45, 7) is 2.64. The van der Waals surface area contributed by atoms with Crippen molar-refractivity contribution in [3.05, 3.63) is 45.3 Å². The van der Waals surface area contributed by atoms with Crippen molar-refractivity contribution >= 4 is 46.3 Å². The Labute approximate surface area is 153 Å². The number of hydrogen-bond donors (Lipinski definition) is 0. The standard InChI is InChI=1S/C15H13Cl3F2N4/c16-10-5-9(6-11(17)14(10)18)23-1-3-24(4-2-23)13-7-12(15(19)20)21-8-22-13/h5-8,15H,1-4H2. The highest BCUT2D eigenvalue weighted by molar-refractivity contribution is 6.48. The van der Waals surface area contributed by atoms with Crippen LogP contribution in [0.25, 0.3) is 0 Å². The van der Waals surface area contributed by atoms with Crippen molar-refractivity contribution in [1.29, 1.82) is 0 Å². The molecule has 1 aromatic carbocycles. The van der Waals surface area contributed by atoms with E-state index in [-0.39, 0.29) is 5.69 Å². The van der Waals surface area contributed by atoms with Crippen molar-refractivity contribution in [2.75, 3.05) is 36.0 Å². The lowest BCUT2D eigenvalue weighted by molar-refractivity contribution is 0.146. The zero-order valence-corrected chi connectivity index (χ0v) is 14.7. The molecule has 3 rings (SSSR count). The van der Waals surface area contributed by atoms with Gasteiger partial charge in [-0.3, -0.25) is 0 Å². The summed E-state index contributed by atoms with van der Waals surface area (Å²) in [5.74, 6) is 0.507. The van der Waals surface area contributed by atoms with Crippen LogP contribution in [0.3, 0.4) is 0 Å². The van der Waals surface area contributed by atoms with Crippen LogP contribution in [0.15, 0.2) is 24.5 Å². The van der Waals surface area contributed by atoms with E-state index in [4.69, 9.17) is 34.8 Å². The zero-order valence-electron chi connectivity index (χ0n) is 12.4. The van der Waals surface area contributed by atoms with Crippen LogP contribution in [0.4, 0.5) is 20.3 Å². The molecule has 0 spiro atoms. The van der Waals surface area contributed by atoms with E-state index in [1.54, 1.807) is 12.1 Å². The Balaban J connectivity index is 1.71. The predicted molar refractivity (Wildman–Crippen MR) is 92.9 cm³/mol. The first-order chi connectivity index (χ1) is 11.5. The number of rotatable bonds is 3. The lowest BCUT2D eigenvalue weighted by Gasteiger charge is -2.37. The summed E-state index contributed by atoms with van der Waals surface area (Å²) in [6, 6.07) is 4.87. The predicted octanol–water partition coefficient (Wildman–Crippen LogP) is 4.70. The van der Waals surface area contributed by atoms with E-state index >= 15 is 0 Å². The molecule has 1 saturated heterocycles. The van der Waals surface area contributed by atoms with Gasteiger partial charge in [0.25, 0.3) is 6.43 Å². The van der Waals surface area contributed by atoms with Gasteiger partial charge in [-0.25, -0.2) is 18.7 Å². The molecule has 0 bridgehead atoms. The van der Waals surface area contributed by atoms with E-state index in [1.165, 1.54) is 12.4 Å². The summed E-state index contributed by atoms with van der Waals surface area (Å²) in [5.41, 5.74) is 0.615. The van der Waals surface area contributed by atoms with Gasteiger partial charge in [-0.15, -0.1) is 0 Å². The fourth-order valence-electron chi connectivity index (χ4n) is 2.57. The van der Waals surface area contributed by atoms with Gasteiger partial charge in [0.2, 0.25) is 0 Å². The minimum absolute atomic E-state index is 0.265. The zero-order chi connectivity index (χ0) is 17.3. The molecule has 2 heterocycles. The van der Waals surface area contributed by atoms with Gasteiger partial charge in [-0.2, -0.15) is 0 Å². The van der Waals surface area contributed by atoms with Gasteiger partial charge in [0.15, 0.2) is 0 Å². The quantitative estimate of drug-likeness (QED) is 0.708. The van der Waals surface area contributed by atoms with Crippen molar-refractivity contribution in [2.45, 2.75) is 6.43 Å². The Bertz CT molecular complexity index is 713. The summed E-state index contributed by atoms with van der Waals surface area (Å²) in [5, 5.41) is 1.14. The number of hydrogen-bond acceptors (Lipinski definition) is 4. The third kappa shape index (κ3) is 3.66. The van der Waals surface area contributed by atoms with Crippen molar-refractivity contribution in [3.8, 4) is 0 Å². The Hall–Kier alpha value is -1.37. The second kappa shape index (κ2) is 7.25. The number of aromatic nitrogens is 2. The fraction of sp³-hybridized carbons (Fsp3) is 0.333. The summed E-state index contributed by atoms with van der Waals surface area (Å²) >= 11 is 18.1. The molecule has 0 atom stereocenters. The maximum atomic E-state index is 12.8. The van der Waals surface area contributed by atoms with Gasteiger partial charge in [0.05, 0.1) is 15.1 Å². The van der Waals surface area contributed by atoms with Crippen LogP contribution < -0.4 is 9.80 Å². The Kier molecular flexibility index (Phi) is 5.27. The maximum Gasteiger partial charge on any atom is 0.280 e. The topological polar surface area (TPSA) is 32.3 Å². The maximum absolute atomic E-state index is 12.8. The largest absolute Gasteiger partial charge is 0.368 e. The smallest absolute Gasteiger partial charge is 0.280 e. The molecular weight excluding hydrogens is 381 g/mol. The first kappa shape index (κ1) is 17.5. The molecule has 0 aliphatic carbocycles. The first-order valence-corrected chi connectivity index (χ1v) is 8.33. The molecule has 2 aromatic rings.